The topological polar surface area (TPSA) is 47.5 Å². The molecular weight excluding hydrogens is 242 g/mol. The second-order valence-electron chi connectivity index (χ2n) is 5.02. The number of rotatable bonds is 7. The van der Waals surface area contributed by atoms with Gasteiger partial charge in [0.25, 0.3) is 0 Å². The van der Waals surface area contributed by atoms with Crippen molar-refractivity contribution in [1.29, 1.82) is 0 Å². The summed E-state index contributed by atoms with van der Waals surface area (Å²) in [5.74, 6) is 2.77. The maximum absolute atomic E-state index is 5.71. The number of aryl methyl sites for hydroxylation is 1. The molecular formula is C15H19NO3. The summed E-state index contributed by atoms with van der Waals surface area (Å²) in [4.78, 5) is 0. The Kier molecular flexibility index (Phi) is 3.71. The van der Waals surface area contributed by atoms with Crippen molar-refractivity contribution in [3.8, 4) is 0 Å². The van der Waals surface area contributed by atoms with Crippen LogP contribution < -0.4 is 5.32 Å². The minimum absolute atomic E-state index is 0.493. The first kappa shape index (κ1) is 12.5. The standard InChI is InChI=1S/C15H19NO3/c1-11-12(9-17-10-14-3-2-6-18-14)7-15(19-11)8-16-13-4-5-13/h2-3,6-7,13,16H,4-5,8-10H2,1H3. The van der Waals surface area contributed by atoms with Crippen molar-refractivity contribution in [2.45, 2.75) is 45.6 Å². The average Bonchev–Trinajstić information content (AvgIpc) is 2.96. The molecule has 0 unspecified atom stereocenters. The van der Waals surface area contributed by atoms with Crippen LogP contribution in [0.15, 0.2) is 33.3 Å². The molecule has 2 aromatic rings. The normalized spacial score (nSPS) is 15.0. The van der Waals surface area contributed by atoms with Gasteiger partial charge >= 0.3 is 0 Å². The molecule has 0 bridgehead atoms. The van der Waals surface area contributed by atoms with E-state index in [9.17, 15) is 0 Å². The number of hydrogen-bond donors (Lipinski definition) is 1. The lowest BCUT2D eigenvalue weighted by atomic mass is 10.2. The average molecular weight is 261 g/mol. The van der Waals surface area contributed by atoms with Gasteiger partial charge in [0.1, 0.15) is 23.9 Å². The second-order valence-corrected chi connectivity index (χ2v) is 5.02. The molecule has 0 amide bonds. The molecule has 102 valence electrons. The van der Waals surface area contributed by atoms with Gasteiger partial charge in [-0.15, -0.1) is 0 Å². The highest BCUT2D eigenvalue weighted by atomic mass is 16.5. The van der Waals surface area contributed by atoms with E-state index in [-0.39, 0.29) is 0 Å². The van der Waals surface area contributed by atoms with E-state index < -0.39 is 0 Å². The molecule has 4 heteroatoms. The highest BCUT2D eigenvalue weighted by Gasteiger charge is 2.20. The molecule has 1 aliphatic carbocycles. The van der Waals surface area contributed by atoms with E-state index in [0.717, 1.165) is 29.4 Å². The van der Waals surface area contributed by atoms with Crippen LogP contribution in [0.2, 0.25) is 0 Å². The van der Waals surface area contributed by atoms with Crippen molar-refractivity contribution in [1.82, 2.24) is 5.32 Å². The van der Waals surface area contributed by atoms with Crippen molar-refractivity contribution >= 4 is 0 Å². The van der Waals surface area contributed by atoms with Gasteiger partial charge in [-0.05, 0) is 38.0 Å². The van der Waals surface area contributed by atoms with E-state index in [4.69, 9.17) is 13.6 Å². The fourth-order valence-corrected chi connectivity index (χ4v) is 2.01. The zero-order chi connectivity index (χ0) is 13.1. The molecule has 1 N–H and O–H groups in total. The zero-order valence-electron chi connectivity index (χ0n) is 11.1. The molecule has 1 saturated carbocycles. The Bertz CT molecular complexity index is 511. The van der Waals surface area contributed by atoms with Gasteiger partial charge in [-0.2, -0.15) is 0 Å². The molecule has 2 heterocycles. The summed E-state index contributed by atoms with van der Waals surface area (Å²) in [6.45, 7) is 3.84. The lowest BCUT2D eigenvalue weighted by Crippen LogP contribution is -2.14. The van der Waals surface area contributed by atoms with Gasteiger partial charge in [0, 0.05) is 11.6 Å². The molecule has 0 spiro atoms. The first-order valence-electron chi connectivity index (χ1n) is 6.73. The van der Waals surface area contributed by atoms with Gasteiger partial charge in [0.05, 0.1) is 19.4 Å². The third kappa shape index (κ3) is 3.49. The van der Waals surface area contributed by atoms with E-state index >= 15 is 0 Å². The second kappa shape index (κ2) is 5.63. The van der Waals surface area contributed by atoms with E-state index in [0.29, 0.717) is 19.3 Å². The van der Waals surface area contributed by atoms with E-state index in [1.54, 1.807) is 6.26 Å². The number of nitrogens with one attached hydrogen (secondary N) is 1. The lowest BCUT2D eigenvalue weighted by Gasteiger charge is -2.00. The number of ether oxygens (including phenoxy) is 1. The first-order valence-corrected chi connectivity index (χ1v) is 6.73. The third-order valence-corrected chi connectivity index (χ3v) is 3.30. The van der Waals surface area contributed by atoms with Crippen LogP contribution in [0.1, 0.15) is 35.7 Å². The van der Waals surface area contributed by atoms with Crippen LogP contribution in [0.4, 0.5) is 0 Å². The van der Waals surface area contributed by atoms with Gasteiger partial charge in [0.15, 0.2) is 0 Å². The Labute approximate surface area is 112 Å². The first-order chi connectivity index (χ1) is 9.31. The van der Waals surface area contributed by atoms with Crippen LogP contribution in [0.3, 0.4) is 0 Å². The van der Waals surface area contributed by atoms with E-state index in [1.807, 2.05) is 19.1 Å². The molecule has 4 nitrogen and oxygen atoms in total. The maximum atomic E-state index is 5.71. The summed E-state index contributed by atoms with van der Waals surface area (Å²) in [5.41, 5.74) is 1.11. The molecule has 3 rings (SSSR count). The van der Waals surface area contributed by atoms with Crippen molar-refractivity contribution in [2.75, 3.05) is 0 Å². The molecule has 19 heavy (non-hydrogen) atoms. The monoisotopic (exact) mass is 261 g/mol. The Hall–Kier alpha value is -1.52. The minimum Gasteiger partial charge on any atom is -0.467 e. The van der Waals surface area contributed by atoms with E-state index in [2.05, 4.69) is 11.4 Å². The smallest absolute Gasteiger partial charge is 0.129 e. The van der Waals surface area contributed by atoms with Crippen molar-refractivity contribution < 1.29 is 13.6 Å². The Morgan fingerprint density at radius 1 is 1.32 bits per heavy atom. The van der Waals surface area contributed by atoms with Crippen LogP contribution in [0.5, 0.6) is 0 Å². The summed E-state index contributed by atoms with van der Waals surface area (Å²) < 4.78 is 16.6. The van der Waals surface area contributed by atoms with Crippen LogP contribution >= 0.6 is 0 Å². The predicted octanol–water partition coefficient (Wildman–Crippen LogP) is 3.15. The van der Waals surface area contributed by atoms with E-state index in [1.165, 1.54) is 12.8 Å². The Balaban J connectivity index is 1.48. The van der Waals surface area contributed by atoms with Gasteiger partial charge in [-0.1, -0.05) is 0 Å². The third-order valence-electron chi connectivity index (χ3n) is 3.30. The highest BCUT2D eigenvalue weighted by molar-refractivity contribution is 5.20. The molecule has 0 saturated heterocycles. The Morgan fingerprint density at radius 2 is 2.21 bits per heavy atom. The Morgan fingerprint density at radius 3 is 2.95 bits per heavy atom. The van der Waals surface area contributed by atoms with Crippen LogP contribution in [0.25, 0.3) is 0 Å². The predicted molar refractivity (Wildman–Crippen MR) is 70.5 cm³/mol. The highest BCUT2D eigenvalue weighted by Crippen LogP contribution is 2.21. The fraction of sp³-hybridized carbons (Fsp3) is 0.467. The molecule has 0 radical (unpaired) electrons. The van der Waals surface area contributed by atoms with Crippen molar-refractivity contribution in [3.63, 3.8) is 0 Å². The quantitative estimate of drug-likeness (QED) is 0.831. The van der Waals surface area contributed by atoms with Crippen molar-refractivity contribution in [2.24, 2.45) is 0 Å². The minimum atomic E-state index is 0.493. The maximum Gasteiger partial charge on any atom is 0.129 e. The van der Waals surface area contributed by atoms with Gasteiger partial charge in [0.2, 0.25) is 0 Å². The summed E-state index contributed by atoms with van der Waals surface area (Å²) >= 11 is 0. The molecule has 1 fully saturated rings. The van der Waals surface area contributed by atoms with Crippen LogP contribution in [-0.4, -0.2) is 6.04 Å². The van der Waals surface area contributed by atoms with Gasteiger partial charge in [-0.25, -0.2) is 0 Å². The fourth-order valence-electron chi connectivity index (χ4n) is 2.01. The number of furan rings is 2. The largest absolute Gasteiger partial charge is 0.467 e. The van der Waals surface area contributed by atoms with Crippen molar-refractivity contribution in [3.05, 3.63) is 47.3 Å². The molecule has 1 aliphatic rings. The zero-order valence-corrected chi connectivity index (χ0v) is 11.1. The molecule has 2 aromatic heterocycles. The van der Waals surface area contributed by atoms with Gasteiger partial charge in [-0.3, -0.25) is 0 Å². The van der Waals surface area contributed by atoms with Crippen LogP contribution in [0, 0.1) is 6.92 Å². The molecule has 0 aromatic carbocycles. The summed E-state index contributed by atoms with van der Waals surface area (Å²) in [5, 5.41) is 3.44. The van der Waals surface area contributed by atoms with Gasteiger partial charge < -0.3 is 18.9 Å². The number of hydrogen-bond acceptors (Lipinski definition) is 4. The summed E-state index contributed by atoms with van der Waals surface area (Å²) in [6.07, 6.45) is 4.24. The van der Waals surface area contributed by atoms with Crippen LogP contribution in [-0.2, 0) is 24.5 Å². The SMILES string of the molecule is Cc1oc(CNC2CC2)cc1COCc1ccco1. The lowest BCUT2D eigenvalue weighted by molar-refractivity contribution is 0.0921. The molecule has 0 atom stereocenters. The molecule has 0 aliphatic heterocycles. The summed E-state index contributed by atoms with van der Waals surface area (Å²) in [7, 11) is 0. The summed E-state index contributed by atoms with van der Waals surface area (Å²) in [6, 6.07) is 6.55.